The Hall–Kier alpha value is -0.810. The van der Waals surface area contributed by atoms with Crippen LogP contribution in [0.25, 0.3) is 0 Å². The molecule has 5 nitrogen and oxygen atoms in total. The molecular weight excluding hydrogens is 308 g/mol. The number of hydrogen-bond donors (Lipinski definition) is 1. The van der Waals surface area contributed by atoms with Gasteiger partial charge in [0.05, 0.1) is 19.8 Å². The van der Waals surface area contributed by atoms with Crippen molar-refractivity contribution in [3.63, 3.8) is 0 Å². The summed E-state index contributed by atoms with van der Waals surface area (Å²) in [5, 5.41) is 8.26. The minimum atomic E-state index is -1.16. The van der Waals surface area contributed by atoms with Crippen LogP contribution in [0.3, 0.4) is 0 Å². The molecule has 1 atom stereocenters. The largest absolute Gasteiger partial charge is 0.505 e. The molecule has 24 heavy (non-hydrogen) atoms. The van der Waals surface area contributed by atoms with Gasteiger partial charge in [0.1, 0.15) is 0 Å². The maximum Gasteiger partial charge on any atom is 0.505 e. The Labute approximate surface area is 149 Å². The van der Waals surface area contributed by atoms with Crippen LogP contribution in [0.4, 0.5) is 4.79 Å². The molecule has 0 rings (SSSR count). The van der Waals surface area contributed by atoms with Crippen molar-refractivity contribution in [2.75, 3.05) is 19.8 Å². The van der Waals surface area contributed by atoms with E-state index in [-0.39, 0.29) is 0 Å². The van der Waals surface area contributed by atoms with Gasteiger partial charge in [0, 0.05) is 0 Å². The second-order valence-corrected chi connectivity index (χ2v) is 6.05. The van der Waals surface area contributed by atoms with Crippen LogP contribution >= 0.6 is 0 Å². The molecule has 0 aromatic rings. The SMILES string of the molecule is CCCCC(CC)COC(=O)O.CCCCCOOCCCCC. The lowest BCUT2D eigenvalue weighted by atomic mass is 10.0. The summed E-state index contributed by atoms with van der Waals surface area (Å²) in [4.78, 5) is 20.0. The lowest BCUT2D eigenvalue weighted by molar-refractivity contribution is -0.295. The van der Waals surface area contributed by atoms with Gasteiger partial charge in [0.25, 0.3) is 0 Å². The first-order valence-corrected chi connectivity index (χ1v) is 9.72. The maximum atomic E-state index is 10.1. The molecule has 0 saturated heterocycles. The molecule has 0 amide bonds. The Morgan fingerprint density at radius 2 is 1.33 bits per heavy atom. The fourth-order valence-electron chi connectivity index (χ4n) is 2.03. The number of carbonyl (C=O) groups is 1. The first-order chi connectivity index (χ1) is 11.6. The van der Waals surface area contributed by atoms with Crippen LogP contribution in [0.2, 0.25) is 0 Å². The van der Waals surface area contributed by atoms with E-state index in [1.807, 2.05) is 0 Å². The number of hydrogen-bond acceptors (Lipinski definition) is 4. The molecule has 0 fully saturated rings. The molecule has 0 aromatic carbocycles. The topological polar surface area (TPSA) is 65.0 Å². The number of ether oxygens (including phenoxy) is 1. The highest BCUT2D eigenvalue weighted by Gasteiger charge is 2.07. The van der Waals surface area contributed by atoms with Crippen molar-refractivity contribution in [1.29, 1.82) is 0 Å². The van der Waals surface area contributed by atoms with E-state index in [1.54, 1.807) is 0 Å². The molecule has 0 radical (unpaired) electrons. The summed E-state index contributed by atoms with van der Waals surface area (Å²) < 4.78 is 4.51. The quantitative estimate of drug-likeness (QED) is 0.165. The minimum Gasteiger partial charge on any atom is -0.450 e. The van der Waals surface area contributed by atoms with Gasteiger partial charge >= 0.3 is 6.16 Å². The smallest absolute Gasteiger partial charge is 0.450 e. The first-order valence-electron chi connectivity index (χ1n) is 9.72. The molecule has 0 aliphatic carbocycles. The van der Waals surface area contributed by atoms with E-state index in [9.17, 15) is 4.79 Å². The zero-order chi connectivity index (χ0) is 18.5. The summed E-state index contributed by atoms with van der Waals surface area (Å²) in [6.07, 6.45) is 10.4. The molecule has 5 heteroatoms. The molecule has 0 spiro atoms. The molecule has 0 bridgehead atoms. The van der Waals surface area contributed by atoms with Crippen LogP contribution in [0, 0.1) is 5.92 Å². The van der Waals surface area contributed by atoms with Crippen molar-refractivity contribution in [3.05, 3.63) is 0 Å². The lowest BCUT2D eigenvalue weighted by Gasteiger charge is -2.12. The van der Waals surface area contributed by atoms with Crippen LogP contribution in [0.15, 0.2) is 0 Å². The lowest BCUT2D eigenvalue weighted by Crippen LogP contribution is -2.11. The van der Waals surface area contributed by atoms with Crippen LogP contribution < -0.4 is 0 Å². The third kappa shape index (κ3) is 23.5. The zero-order valence-electron chi connectivity index (χ0n) is 16.3. The average Bonchev–Trinajstić information content (AvgIpc) is 2.58. The van der Waals surface area contributed by atoms with Gasteiger partial charge in [-0.25, -0.2) is 14.6 Å². The van der Waals surface area contributed by atoms with Crippen LogP contribution in [-0.4, -0.2) is 31.1 Å². The second-order valence-electron chi connectivity index (χ2n) is 6.05. The molecule has 1 unspecified atom stereocenters. The van der Waals surface area contributed by atoms with Crippen molar-refractivity contribution in [1.82, 2.24) is 0 Å². The molecule has 0 aromatic heterocycles. The second kappa shape index (κ2) is 22.2. The summed E-state index contributed by atoms with van der Waals surface area (Å²) in [5.74, 6) is 0.404. The first kappa shape index (κ1) is 25.4. The average molecular weight is 349 g/mol. The van der Waals surface area contributed by atoms with E-state index in [4.69, 9.17) is 14.9 Å². The zero-order valence-corrected chi connectivity index (χ0v) is 16.3. The van der Waals surface area contributed by atoms with Crippen molar-refractivity contribution in [2.45, 2.75) is 91.9 Å². The van der Waals surface area contributed by atoms with E-state index in [0.717, 1.165) is 51.7 Å². The highest BCUT2D eigenvalue weighted by Crippen LogP contribution is 2.12. The van der Waals surface area contributed by atoms with E-state index >= 15 is 0 Å². The highest BCUT2D eigenvalue weighted by atomic mass is 17.2. The summed E-state index contributed by atoms with van der Waals surface area (Å²) in [6, 6.07) is 0. The Bertz CT molecular complexity index is 236. The molecule has 146 valence electrons. The normalized spacial score (nSPS) is 11.5. The van der Waals surface area contributed by atoms with Crippen molar-refractivity contribution in [2.24, 2.45) is 5.92 Å². The predicted molar refractivity (Wildman–Crippen MR) is 98.2 cm³/mol. The predicted octanol–water partition coefficient (Wildman–Crippen LogP) is 6.21. The van der Waals surface area contributed by atoms with Crippen LogP contribution in [0.1, 0.15) is 91.9 Å². The van der Waals surface area contributed by atoms with Crippen molar-refractivity contribution < 1.29 is 24.4 Å². The van der Waals surface area contributed by atoms with Crippen LogP contribution in [0.5, 0.6) is 0 Å². The molecule has 1 N–H and O–H groups in total. The molecular formula is C19H40O5. The Morgan fingerprint density at radius 3 is 1.71 bits per heavy atom. The monoisotopic (exact) mass is 348 g/mol. The standard InChI is InChI=1S/C10H22O2.C9H18O3/c1-3-5-7-9-11-12-10-8-6-4-2;1-3-5-6-8(4-2)7-12-9(10)11/h3-10H2,1-2H3;8H,3-7H2,1-2H3,(H,10,11). The van der Waals surface area contributed by atoms with E-state index < -0.39 is 6.16 Å². The number of rotatable bonds is 15. The van der Waals surface area contributed by atoms with Gasteiger partial charge in [-0.1, -0.05) is 72.6 Å². The van der Waals surface area contributed by atoms with Crippen molar-refractivity contribution >= 4 is 6.16 Å². The Morgan fingerprint density at radius 1 is 0.833 bits per heavy atom. The number of carboxylic acid groups (broad SMARTS) is 1. The fraction of sp³-hybridized carbons (Fsp3) is 0.947. The molecule has 0 aliphatic rings. The van der Waals surface area contributed by atoms with Gasteiger partial charge < -0.3 is 9.84 Å². The van der Waals surface area contributed by atoms with Gasteiger partial charge in [-0.15, -0.1) is 0 Å². The Balaban J connectivity index is 0. The summed E-state index contributed by atoms with van der Waals surface area (Å²) in [7, 11) is 0. The van der Waals surface area contributed by atoms with E-state index in [0.29, 0.717) is 12.5 Å². The summed E-state index contributed by atoms with van der Waals surface area (Å²) in [6.45, 7) is 10.4. The van der Waals surface area contributed by atoms with E-state index in [1.165, 1.54) is 25.7 Å². The van der Waals surface area contributed by atoms with E-state index in [2.05, 4.69) is 32.4 Å². The van der Waals surface area contributed by atoms with Gasteiger partial charge in [0.2, 0.25) is 0 Å². The van der Waals surface area contributed by atoms with Gasteiger partial charge in [0.15, 0.2) is 0 Å². The highest BCUT2D eigenvalue weighted by molar-refractivity contribution is 5.56. The third-order valence-corrected chi connectivity index (χ3v) is 3.73. The number of unbranched alkanes of at least 4 members (excludes halogenated alkanes) is 5. The molecule has 0 saturated carbocycles. The van der Waals surface area contributed by atoms with Crippen molar-refractivity contribution in [3.8, 4) is 0 Å². The summed E-state index contributed by atoms with van der Waals surface area (Å²) in [5.41, 5.74) is 0. The molecule has 0 heterocycles. The maximum absolute atomic E-state index is 10.1. The van der Waals surface area contributed by atoms with Gasteiger partial charge in [-0.3, -0.25) is 0 Å². The van der Waals surface area contributed by atoms with Gasteiger partial charge in [-0.05, 0) is 25.2 Å². The minimum absolute atomic E-state index is 0.353. The Kier molecular flexibility index (Phi) is 23.5. The molecule has 0 aliphatic heterocycles. The van der Waals surface area contributed by atoms with Gasteiger partial charge in [-0.2, -0.15) is 0 Å². The third-order valence-electron chi connectivity index (χ3n) is 3.73. The van der Waals surface area contributed by atoms with Crippen LogP contribution in [-0.2, 0) is 14.5 Å². The fourth-order valence-corrected chi connectivity index (χ4v) is 2.03. The summed E-state index contributed by atoms with van der Waals surface area (Å²) >= 11 is 0.